The van der Waals surface area contributed by atoms with E-state index in [1.807, 2.05) is 73.9 Å². The van der Waals surface area contributed by atoms with Gasteiger partial charge in [-0.15, -0.1) is 0 Å². The van der Waals surface area contributed by atoms with Gasteiger partial charge in [-0.05, 0) is 39.2 Å². The number of esters is 1. The van der Waals surface area contributed by atoms with Crippen LogP contribution in [-0.4, -0.2) is 20.9 Å². The molecule has 0 N–H and O–H groups in total. The van der Waals surface area contributed by atoms with Gasteiger partial charge in [0.15, 0.2) is 5.78 Å². The number of ether oxygens (including phenoxy) is 1. The maximum atomic E-state index is 13.3. The Bertz CT molecular complexity index is 1110. The fourth-order valence-electron chi connectivity index (χ4n) is 4.18. The van der Waals surface area contributed by atoms with Crippen molar-refractivity contribution in [2.45, 2.75) is 53.3 Å². The lowest BCUT2D eigenvalue weighted by Gasteiger charge is -2.20. The van der Waals surface area contributed by atoms with E-state index in [4.69, 9.17) is 4.74 Å². The molecule has 30 heavy (non-hydrogen) atoms. The first-order valence-corrected chi connectivity index (χ1v) is 10.6. The third-order valence-electron chi connectivity index (χ3n) is 6.53. The first-order valence-electron chi connectivity index (χ1n) is 10.6. The minimum absolute atomic E-state index is 0.0502. The van der Waals surface area contributed by atoms with Crippen molar-refractivity contribution in [1.29, 1.82) is 0 Å². The molecule has 2 heterocycles. The van der Waals surface area contributed by atoms with E-state index in [9.17, 15) is 9.59 Å². The first kappa shape index (κ1) is 20.4. The highest BCUT2D eigenvalue weighted by atomic mass is 16.5. The standard InChI is InChI=1S/C24H30N3O3/c1-5-24(2,3)23(29)30-16-27-13-12-26(15-27)14-17-10-11-20-21(22(17)28)18-8-6-7-9-19(18)25(20)4/h6-9,12-13,15,17H,5,10-11,14,16H2,1-4H3/q+1. The van der Waals surface area contributed by atoms with Crippen LogP contribution in [0.3, 0.4) is 0 Å². The third kappa shape index (κ3) is 3.55. The average Bonchev–Trinajstić information content (AvgIpc) is 3.31. The smallest absolute Gasteiger partial charge is 0.314 e. The van der Waals surface area contributed by atoms with E-state index in [-0.39, 0.29) is 24.4 Å². The monoisotopic (exact) mass is 408 g/mol. The zero-order valence-corrected chi connectivity index (χ0v) is 18.2. The molecule has 2 aromatic heterocycles. The number of carbonyl (C=O) groups is 2. The highest BCUT2D eigenvalue weighted by Gasteiger charge is 2.33. The molecule has 0 aliphatic heterocycles. The van der Waals surface area contributed by atoms with Gasteiger partial charge in [0, 0.05) is 29.2 Å². The molecule has 1 aliphatic carbocycles. The van der Waals surface area contributed by atoms with Crippen LogP contribution in [0, 0.1) is 11.3 Å². The Morgan fingerprint density at radius 1 is 1.30 bits per heavy atom. The fourth-order valence-corrected chi connectivity index (χ4v) is 4.18. The second-order valence-corrected chi connectivity index (χ2v) is 8.92. The Kier molecular flexibility index (Phi) is 5.26. The lowest BCUT2D eigenvalue weighted by atomic mass is 9.85. The van der Waals surface area contributed by atoms with E-state index in [0.29, 0.717) is 6.54 Å². The van der Waals surface area contributed by atoms with Crippen LogP contribution in [0.2, 0.25) is 0 Å². The highest BCUT2D eigenvalue weighted by Crippen LogP contribution is 2.34. The van der Waals surface area contributed by atoms with Crippen LogP contribution in [0.1, 0.15) is 49.7 Å². The van der Waals surface area contributed by atoms with Crippen molar-refractivity contribution < 1.29 is 18.9 Å². The molecule has 0 amide bonds. The Balaban J connectivity index is 1.46. The zero-order chi connectivity index (χ0) is 21.5. The average molecular weight is 409 g/mol. The number of aromatic nitrogens is 3. The molecule has 0 saturated carbocycles. The Hall–Kier alpha value is -2.89. The number of para-hydroxylation sites is 1. The third-order valence-corrected chi connectivity index (χ3v) is 6.53. The SMILES string of the molecule is CCC(C)(C)C(=O)OC[n+]1ccn(CC2CCc3c(c4ccccc4n3C)C2=O)c1. The number of hydrogen-bond donors (Lipinski definition) is 0. The number of imidazole rings is 1. The summed E-state index contributed by atoms with van der Waals surface area (Å²) >= 11 is 0. The molecular formula is C24H30N3O3+. The van der Waals surface area contributed by atoms with Gasteiger partial charge in [-0.25, -0.2) is 9.13 Å². The maximum Gasteiger partial charge on any atom is 0.314 e. The number of carbonyl (C=O) groups excluding carboxylic acids is 2. The summed E-state index contributed by atoms with van der Waals surface area (Å²) in [4.78, 5) is 25.5. The topological polar surface area (TPSA) is 57.1 Å². The van der Waals surface area contributed by atoms with E-state index in [1.165, 1.54) is 0 Å². The van der Waals surface area contributed by atoms with Gasteiger partial charge in [0.25, 0.3) is 0 Å². The Morgan fingerprint density at radius 3 is 2.83 bits per heavy atom. The van der Waals surface area contributed by atoms with E-state index in [1.54, 1.807) is 0 Å². The summed E-state index contributed by atoms with van der Waals surface area (Å²) in [6.45, 7) is 6.57. The minimum atomic E-state index is -0.478. The highest BCUT2D eigenvalue weighted by molar-refractivity contribution is 6.11. The zero-order valence-electron chi connectivity index (χ0n) is 18.2. The summed E-state index contributed by atoms with van der Waals surface area (Å²) in [6.07, 6.45) is 8.19. The molecule has 1 unspecified atom stereocenters. The molecule has 0 spiro atoms. The summed E-state index contributed by atoms with van der Waals surface area (Å²) in [5.74, 6) is -0.0219. The summed E-state index contributed by atoms with van der Waals surface area (Å²) in [6, 6.07) is 8.13. The van der Waals surface area contributed by atoms with Crippen LogP contribution >= 0.6 is 0 Å². The predicted molar refractivity (Wildman–Crippen MR) is 114 cm³/mol. The van der Waals surface area contributed by atoms with E-state index in [0.717, 1.165) is 41.4 Å². The van der Waals surface area contributed by atoms with Crippen LogP contribution in [-0.2, 0) is 36.3 Å². The lowest BCUT2D eigenvalue weighted by molar-refractivity contribution is -0.727. The maximum absolute atomic E-state index is 13.3. The first-order chi connectivity index (χ1) is 14.3. The molecule has 0 fully saturated rings. The molecule has 6 nitrogen and oxygen atoms in total. The molecule has 0 radical (unpaired) electrons. The van der Waals surface area contributed by atoms with Gasteiger partial charge in [0.2, 0.25) is 13.1 Å². The molecule has 158 valence electrons. The van der Waals surface area contributed by atoms with Gasteiger partial charge in [-0.1, -0.05) is 25.1 Å². The fraction of sp³-hybridized carbons (Fsp3) is 0.458. The molecule has 4 rings (SSSR count). The number of benzene rings is 1. The van der Waals surface area contributed by atoms with Crippen LogP contribution in [0.15, 0.2) is 43.0 Å². The Labute approximate surface area is 177 Å². The minimum Gasteiger partial charge on any atom is -0.424 e. The van der Waals surface area contributed by atoms with Gasteiger partial charge in [0.1, 0.15) is 18.9 Å². The molecule has 1 atom stereocenters. The summed E-state index contributed by atoms with van der Waals surface area (Å²) in [7, 11) is 2.05. The normalized spacial score (nSPS) is 16.7. The second-order valence-electron chi connectivity index (χ2n) is 8.92. The van der Waals surface area contributed by atoms with E-state index >= 15 is 0 Å². The quantitative estimate of drug-likeness (QED) is 0.462. The molecule has 3 aromatic rings. The number of rotatable bonds is 6. The van der Waals surface area contributed by atoms with E-state index < -0.39 is 5.41 Å². The number of hydrogen-bond acceptors (Lipinski definition) is 3. The van der Waals surface area contributed by atoms with Gasteiger partial charge < -0.3 is 9.30 Å². The van der Waals surface area contributed by atoms with Gasteiger partial charge in [0.05, 0.1) is 11.3 Å². The molecular weight excluding hydrogens is 378 g/mol. The molecule has 6 heteroatoms. The second kappa shape index (κ2) is 7.74. The van der Waals surface area contributed by atoms with E-state index in [2.05, 4.69) is 10.6 Å². The van der Waals surface area contributed by atoms with Crippen LogP contribution in [0.25, 0.3) is 10.9 Å². The van der Waals surface area contributed by atoms with Gasteiger partial charge >= 0.3 is 5.97 Å². The predicted octanol–water partition coefficient (Wildman–Crippen LogP) is 3.65. The number of Topliss-reactive ketones (excluding diaryl/α,β-unsaturated/α-hetero) is 1. The molecule has 0 bridgehead atoms. The van der Waals surface area contributed by atoms with Crippen molar-refractivity contribution in [1.82, 2.24) is 9.13 Å². The largest absolute Gasteiger partial charge is 0.424 e. The van der Waals surface area contributed by atoms with Crippen molar-refractivity contribution in [2.24, 2.45) is 18.4 Å². The summed E-state index contributed by atoms with van der Waals surface area (Å²) in [5, 5.41) is 1.05. The summed E-state index contributed by atoms with van der Waals surface area (Å²) in [5.41, 5.74) is 2.67. The number of nitrogens with zero attached hydrogens (tertiary/aromatic N) is 3. The number of ketones is 1. The molecule has 0 saturated heterocycles. The van der Waals surface area contributed by atoms with Crippen molar-refractivity contribution >= 4 is 22.7 Å². The van der Waals surface area contributed by atoms with Gasteiger partial charge in [-0.2, -0.15) is 0 Å². The van der Waals surface area contributed by atoms with Crippen LogP contribution in [0.4, 0.5) is 0 Å². The lowest BCUT2D eigenvalue weighted by Crippen LogP contribution is -2.37. The van der Waals surface area contributed by atoms with Crippen LogP contribution < -0.4 is 4.57 Å². The Morgan fingerprint density at radius 2 is 2.07 bits per heavy atom. The number of aryl methyl sites for hydroxylation is 1. The number of fused-ring (bicyclic) bond motifs is 3. The molecule has 1 aliphatic rings. The van der Waals surface area contributed by atoms with Crippen molar-refractivity contribution in [3.05, 3.63) is 54.2 Å². The van der Waals surface area contributed by atoms with Gasteiger partial charge in [-0.3, -0.25) is 9.59 Å². The van der Waals surface area contributed by atoms with Crippen LogP contribution in [0.5, 0.6) is 0 Å². The molecule has 1 aromatic carbocycles. The van der Waals surface area contributed by atoms with Crippen molar-refractivity contribution in [3.8, 4) is 0 Å². The van der Waals surface area contributed by atoms with Crippen molar-refractivity contribution in [3.63, 3.8) is 0 Å². The van der Waals surface area contributed by atoms with Crippen molar-refractivity contribution in [2.75, 3.05) is 0 Å². The summed E-state index contributed by atoms with van der Waals surface area (Å²) < 4.78 is 11.5.